The fourth-order valence-electron chi connectivity index (χ4n) is 3.35. The quantitative estimate of drug-likeness (QED) is 0.755. The average molecular weight is 359 g/mol. The number of ether oxygens (including phenoxy) is 1. The number of nitrogens with one attached hydrogen (secondary N) is 1. The number of hydrogen-bond acceptors (Lipinski definition) is 6. The second kappa shape index (κ2) is 8.12. The molecule has 1 aliphatic heterocycles. The van der Waals surface area contributed by atoms with E-state index in [1.807, 2.05) is 30.3 Å². The van der Waals surface area contributed by atoms with Crippen LogP contribution in [0.25, 0.3) is 22.0 Å². The maximum Gasteiger partial charge on any atom is 0.166 e. The second-order valence-electron chi connectivity index (χ2n) is 6.51. The Bertz CT molecular complexity index is 970. The lowest BCUT2D eigenvalue weighted by Gasteiger charge is -2.26. The zero-order valence-corrected chi connectivity index (χ0v) is 15.1. The third-order valence-electron chi connectivity index (χ3n) is 4.80. The molecule has 4 rings (SSSR count). The number of nitrogens with zero attached hydrogens (tertiary/aromatic N) is 4. The van der Waals surface area contributed by atoms with Crippen LogP contribution in [0.1, 0.15) is 5.56 Å². The molecule has 0 atom stereocenters. The molecule has 6 heteroatoms. The fourth-order valence-corrected chi connectivity index (χ4v) is 3.35. The maximum atomic E-state index is 9.57. The summed E-state index contributed by atoms with van der Waals surface area (Å²) >= 11 is 0. The van der Waals surface area contributed by atoms with Crippen molar-refractivity contribution in [3.8, 4) is 17.3 Å². The van der Waals surface area contributed by atoms with E-state index in [0.29, 0.717) is 17.1 Å². The van der Waals surface area contributed by atoms with Crippen LogP contribution in [0.15, 0.2) is 48.5 Å². The molecule has 3 aromatic rings. The molecule has 2 heterocycles. The first-order chi connectivity index (χ1) is 13.3. The van der Waals surface area contributed by atoms with Crippen LogP contribution in [0.4, 0.5) is 5.82 Å². The standard InChI is InChI=1S/C21H21N5O/c22-15-17-14-20(19-7-3-5-16-4-1-2-6-18(16)19)24-25-21(17)23-8-9-26-10-12-27-13-11-26/h1-7,14H,8-13H2,(H,23,25). The largest absolute Gasteiger partial charge is 0.379 e. The number of benzene rings is 2. The van der Waals surface area contributed by atoms with Gasteiger partial charge in [0.05, 0.1) is 24.5 Å². The number of aromatic nitrogens is 2. The summed E-state index contributed by atoms with van der Waals surface area (Å²) < 4.78 is 5.36. The Balaban J connectivity index is 1.53. The number of hydrogen-bond donors (Lipinski definition) is 1. The van der Waals surface area contributed by atoms with Crippen LogP contribution in [0.3, 0.4) is 0 Å². The van der Waals surface area contributed by atoms with E-state index in [2.05, 4.69) is 44.7 Å². The van der Waals surface area contributed by atoms with Crippen molar-refractivity contribution in [3.05, 3.63) is 54.1 Å². The summed E-state index contributed by atoms with van der Waals surface area (Å²) in [4.78, 5) is 2.33. The predicted molar refractivity (Wildman–Crippen MR) is 105 cm³/mol. The highest BCUT2D eigenvalue weighted by atomic mass is 16.5. The van der Waals surface area contributed by atoms with Crippen molar-refractivity contribution < 1.29 is 4.74 Å². The highest BCUT2D eigenvalue weighted by Crippen LogP contribution is 2.28. The molecule has 1 fully saturated rings. The lowest BCUT2D eigenvalue weighted by molar-refractivity contribution is 0.0398. The molecule has 1 N–H and O–H groups in total. The molecule has 0 saturated carbocycles. The van der Waals surface area contributed by atoms with Crippen molar-refractivity contribution in [2.24, 2.45) is 0 Å². The van der Waals surface area contributed by atoms with E-state index in [-0.39, 0.29) is 0 Å². The third kappa shape index (κ3) is 3.90. The Morgan fingerprint density at radius 3 is 2.74 bits per heavy atom. The van der Waals surface area contributed by atoms with E-state index >= 15 is 0 Å². The topological polar surface area (TPSA) is 74.1 Å². The third-order valence-corrected chi connectivity index (χ3v) is 4.80. The van der Waals surface area contributed by atoms with Gasteiger partial charge in [0, 0.05) is 31.7 Å². The highest BCUT2D eigenvalue weighted by Gasteiger charge is 2.12. The molecule has 0 amide bonds. The number of fused-ring (bicyclic) bond motifs is 1. The second-order valence-corrected chi connectivity index (χ2v) is 6.51. The number of rotatable bonds is 5. The minimum atomic E-state index is 0.509. The minimum Gasteiger partial charge on any atom is -0.379 e. The van der Waals surface area contributed by atoms with Gasteiger partial charge in [-0.15, -0.1) is 10.2 Å². The van der Waals surface area contributed by atoms with Crippen LogP contribution in [0.2, 0.25) is 0 Å². The summed E-state index contributed by atoms with van der Waals surface area (Å²) in [6, 6.07) is 18.3. The summed E-state index contributed by atoms with van der Waals surface area (Å²) in [7, 11) is 0. The SMILES string of the molecule is N#Cc1cc(-c2cccc3ccccc23)nnc1NCCN1CCOCC1. The van der Waals surface area contributed by atoms with Crippen molar-refractivity contribution in [1.82, 2.24) is 15.1 Å². The summed E-state index contributed by atoms with van der Waals surface area (Å²) in [5.41, 5.74) is 2.20. The lowest BCUT2D eigenvalue weighted by Crippen LogP contribution is -2.39. The zero-order valence-electron chi connectivity index (χ0n) is 15.1. The molecule has 0 aliphatic carbocycles. The molecule has 0 unspecified atom stereocenters. The number of anilines is 1. The normalized spacial score (nSPS) is 14.8. The predicted octanol–water partition coefficient (Wildman–Crippen LogP) is 2.91. The van der Waals surface area contributed by atoms with Gasteiger partial charge in [0.15, 0.2) is 5.82 Å². The zero-order chi connectivity index (χ0) is 18.5. The molecule has 0 spiro atoms. The maximum absolute atomic E-state index is 9.57. The van der Waals surface area contributed by atoms with Crippen LogP contribution in [-0.2, 0) is 4.74 Å². The Kier molecular flexibility index (Phi) is 5.24. The van der Waals surface area contributed by atoms with Crippen LogP contribution < -0.4 is 5.32 Å². The molecule has 27 heavy (non-hydrogen) atoms. The van der Waals surface area contributed by atoms with Gasteiger partial charge in [0.2, 0.25) is 0 Å². The Labute approximate surface area is 158 Å². The van der Waals surface area contributed by atoms with Gasteiger partial charge in [-0.25, -0.2) is 0 Å². The number of morpholine rings is 1. The van der Waals surface area contributed by atoms with Gasteiger partial charge in [0.1, 0.15) is 6.07 Å². The van der Waals surface area contributed by atoms with Crippen LogP contribution in [-0.4, -0.2) is 54.5 Å². The van der Waals surface area contributed by atoms with Gasteiger partial charge in [-0.1, -0.05) is 42.5 Å². The van der Waals surface area contributed by atoms with E-state index in [0.717, 1.165) is 55.7 Å². The average Bonchev–Trinajstić information content (AvgIpc) is 2.74. The molecule has 1 aliphatic rings. The molecular weight excluding hydrogens is 338 g/mol. The molecule has 6 nitrogen and oxygen atoms in total. The van der Waals surface area contributed by atoms with Gasteiger partial charge in [0.25, 0.3) is 0 Å². The summed E-state index contributed by atoms with van der Waals surface area (Å²) in [5.74, 6) is 0.537. The monoisotopic (exact) mass is 359 g/mol. The van der Waals surface area contributed by atoms with Crippen LogP contribution in [0, 0.1) is 11.3 Å². The van der Waals surface area contributed by atoms with Gasteiger partial charge < -0.3 is 10.1 Å². The highest BCUT2D eigenvalue weighted by molar-refractivity contribution is 5.95. The summed E-state index contributed by atoms with van der Waals surface area (Å²) in [6.45, 7) is 5.06. The first-order valence-corrected chi connectivity index (χ1v) is 9.15. The van der Waals surface area contributed by atoms with Crippen molar-refractivity contribution in [1.29, 1.82) is 5.26 Å². The number of nitriles is 1. The van der Waals surface area contributed by atoms with Crippen molar-refractivity contribution in [2.45, 2.75) is 0 Å². The summed E-state index contributed by atoms with van der Waals surface area (Å²) in [5, 5.41) is 23.7. The van der Waals surface area contributed by atoms with Gasteiger partial charge in [-0.3, -0.25) is 4.90 Å². The Morgan fingerprint density at radius 2 is 1.89 bits per heavy atom. The summed E-state index contributed by atoms with van der Waals surface area (Å²) in [6.07, 6.45) is 0. The van der Waals surface area contributed by atoms with E-state index in [4.69, 9.17) is 4.74 Å². The van der Waals surface area contributed by atoms with Gasteiger partial charge in [-0.05, 0) is 16.8 Å². The Morgan fingerprint density at radius 1 is 1.07 bits per heavy atom. The van der Waals surface area contributed by atoms with E-state index in [9.17, 15) is 5.26 Å². The smallest absolute Gasteiger partial charge is 0.166 e. The van der Waals surface area contributed by atoms with Crippen molar-refractivity contribution >= 4 is 16.6 Å². The fraction of sp³-hybridized carbons (Fsp3) is 0.286. The molecule has 1 aromatic heterocycles. The van der Waals surface area contributed by atoms with Crippen LogP contribution in [0.5, 0.6) is 0 Å². The van der Waals surface area contributed by atoms with E-state index in [1.165, 1.54) is 0 Å². The molecule has 136 valence electrons. The van der Waals surface area contributed by atoms with E-state index < -0.39 is 0 Å². The first-order valence-electron chi connectivity index (χ1n) is 9.15. The molecule has 0 radical (unpaired) electrons. The molecular formula is C21H21N5O. The van der Waals surface area contributed by atoms with Crippen molar-refractivity contribution in [3.63, 3.8) is 0 Å². The van der Waals surface area contributed by atoms with Crippen LogP contribution >= 0.6 is 0 Å². The van der Waals surface area contributed by atoms with Gasteiger partial charge >= 0.3 is 0 Å². The van der Waals surface area contributed by atoms with E-state index in [1.54, 1.807) is 0 Å². The minimum absolute atomic E-state index is 0.509. The Hall–Kier alpha value is -3.01. The molecule has 0 bridgehead atoms. The first kappa shape index (κ1) is 17.4. The molecule has 1 saturated heterocycles. The molecule has 2 aromatic carbocycles. The lowest BCUT2D eigenvalue weighted by atomic mass is 10.0. The van der Waals surface area contributed by atoms with Gasteiger partial charge in [-0.2, -0.15) is 5.26 Å². The van der Waals surface area contributed by atoms with Crippen molar-refractivity contribution in [2.75, 3.05) is 44.7 Å².